The number of rotatable bonds is 2. The van der Waals surface area contributed by atoms with Crippen molar-refractivity contribution in [1.82, 2.24) is 5.43 Å². The first-order chi connectivity index (χ1) is 7.50. The Morgan fingerprint density at radius 1 is 1.31 bits per heavy atom. The molecule has 0 saturated heterocycles. The van der Waals surface area contributed by atoms with Crippen LogP contribution < -0.4 is 11.2 Å². The van der Waals surface area contributed by atoms with E-state index < -0.39 is 11.8 Å². The zero-order valence-corrected chi connectivity index (χ0v) is 8.60. The van der Waals surface area contributed by atoms with Gasteiger partial charge >= 0.3 is 11.8 Å². The lowest BCUT2D eigenvalue weighted by atomic mass is 10.1. The van der Waals surface area contributed by atoms with Gasteiger partial charge < -0.3 is 10.8 Å². The lowest BCUT2D eigenvalue weighted by molar-refractivity contribution is -0.137. The molecule has 0 spiro atoms. The molecule has 0 aliphatic rings. The molecule has 0 atom stereocenters. The van der Waals surface area contributed by atoms with Gasteiger partial charge in [-0.1, -0.05) is 0 Å². The van der Waals surface area contributed by atoms with Gasteiger partial charge in [-0.15, -0.1) is 0 Å². The van der Waals surface area contributed by atoms with Gasteiger partial charge in [0, 0.05) is 0 Å². The molecule has 0 aliphatic carbocycles. The van der Waals surface area contributed by atoms with E-state index in [0.29, 0.717) is 11.3 Å². The minimum absolute atomic E-state index is 0.137. The Labute approximate surface area is 91.8 Å². The number of amides is 2. The molecule has 84 valence electrons. The van der Waals surface area contributed by atoms with Crippen LogP contribution in [-0.4, -0.2) is 22.6 Å². The minimum atomic E-state index is -1.10. The molecule has 0 radical (unpaired) electrons. The molecule has 6 heteroatoms. The monoisotopic (exact) mass is 221 g/mol. The number of hydrazone groups is 1. The van der Waals surface area contributed by atoms with Crippen molar-refractivity contribution in [3.8, 4) is 5.75 Å². The Bertz CT molecular complexity index is 437. The molecule has 16 heavy (non-hydrogen) atoms. The smallest absolute Gasteiger partial charge is 0.329 e. The maximum Gasteiger partial charge on any atom is 0.329 e. The summed E-state index contributed by atoms with van der Waals surface area (Å²) in [5.41, 5.74) is 7.94. The molecule has 4 N–H and O–H groups in total. The van der Waals surface area contributed by atoms with E-state index in [2.05, 4.69) is 5.10 Å². The molecule has 6 nitrogen and oxygen atoms in total. The quantitative estimate of drug-likeness (QED) is 0.363. The van der Waals surface area contributed by atoms with E-state index in [4.69, 9.17) is 10.8 Å². The van der Waals surface area contributed by atoms with Crippen molar-refractivity contribution < 1.29 is 14.7 Å². The molecule has 2 amide bonds. The third-order valence-electron chi connectivity index (χ3n) is 1.83. The molecule has 1 rings (SSSR count). The SMILES string of the molecule is C/C(=N/NC(=O)C(N)=O)c1ccc(O)cc1. The number of carbonyl (C=O) groups excluding carboxylic acids is 2. The lowest BCUT2D eigenvalue weighted by Gasteiger charge is -2.01. The number of aromatic hydroxyl groups is 1. The van der Waals surface area contributed by atoms with E-state index >= 15 is 0 Å². The van der Waals surface area contributed by atoms with Crippen LogP contribution in [0.5, 0.6) is 5.75 Å². The number of phenolic OH excluding ortho intramolecular Hbond substituents is 1. The Morgan fingerprint density at radius 2 is 1.88 bits per heavy atom. The summed E-state index contributed by atoms with van der Waals surface area (Å²) in [7, 11) is 0. The van der Waals surface area contributed by atoms with Crippen molar-refractivity contribution in [3.63, 3.8) is 0 Å². The minimum Gasteiger partial charge on any atom is -0.508 e. The highest BCUT2D eigenvalue weighted by molar-refractivity contribution is 6.34. The van der Waals surface area contributed by atoms with Crippen LogP contribution in [0.1, 0.15) is 12.5 Å². The van der Waals surface area contributed by atoms with Gasteiger partial charge in [0.15, 0.2) is 0 Å². The number of primary amides is 1. The fraction of sp³-hybridized carbons (Fsp3) is 0.100. The van der Waals surface area contributed by atoms with Gasteiger partial charge in [0.2, 0.25) is 0 Å². The van der Waals surface area contributed by atoms with Crippen molar-refractivity contribution in [2.75, 3.05) is 0 Å². The van der Waals surface area contributed by atoms with Crippen molar-refractivity contribution in [2.45, 2.75) is 6.92 Å². The maximum atomic E-state index is 10.8. The Hall–Kier alpha value is -2.37. The van der Waals surface area contributed by atoms with Gasteiger partial charge in [0.1, 0.15) is 5.75 Å². The van der Waals surface area contributed by atoms with Crippen molar-refractivity contribution >= 4 is 17.5 Å². The van der Waals surface area contributed by atoms with E-state index in [1.807, 2.05) is 5.43 Å². The molecule has 0 fully saturated rings. The van der Waals surface area contributed by atoms with Gasteiger partial charge in [-0.3, -0.25) is 9.59 Å². The second-order valence-corrected chi connectivity index (χ2v) is 3.05. The predicted molar refractivity (Wildman–Crippen MR) is 57.7 cm³/mol. The second kappa shape index (κ2) is 4.92. The molecule has 0 saturated carbocycles. The molecule has 0 aliphatic heterocycles. The number of benzene rings is 1. The van der Waals surface area contributed by atoms with Crippen LogP contribution in [0.15, 0.2) is 29.4 Å². The summed E-state index contributed by atoms with van der Waals surface area (Å²) in [6.45, 7) is 1.65. The van der Waals surface area contributed by atoms with Crippen LogP contribution in [0.3, 0.4) is 0 Å². The summed E-state index contributed by atoms with van der Waals surface area (Å²) in [6.07, 6.45) is 0. The molecule has 1 aromatic rings. The molecule has 0 aromatic heterocycles. The summed E-state index contributed by atoms with van der Waals surface area (Å²) in [6, 6.07) is 6.24. The van der Waals surface area contributed by atoms with Crippen LogP contribution in [0.2, 0.25) is 0 Å². The van der Waals surface area contributed by atoms with E-state index in [-0.39, 0.29) is 5.75 Å². The summed E-state index contributed by atoms with van der Waals surface area (Å²) < 4.78 is 0. The maximum absolute atomic E-state index is 10.8. The summed E-state index contributed by atoms with van der Waals surface area (Å²) in [4.78, 5) is 21.2. The van der Waals surface area contributed by atoms with E-state index in [1.54, 1.807) is 19.1 Å². The fourth-order valence-electron chi connectivity index (χ4n) is 0.957. The number of hydrogen-bond donors (Lipinski definition) is 3. The lowest BCUT2D eigenvalue weighted by Crippen LogP contribution is -2.33. The van der Waals surface area contributed by atoms with E-state index in [9.17, 15) is 9.59 Å². The van der Waals surface area contributed by atoms with Gasteiger partial charge in [0.05, 0.1) is 5.71 Å². The third-order valence-corrected chi connectivity index (χ3v) is 1.83. The van der Waals surface area contributed by atoms with Crippen LogP contribution in [0.4, 0.5) is 0 Å². The summed E-state index contributed by atoms with van der Waals surface area (Å²) in [5.74, 6) is -1.93. The Morgan fingerprint density at radius 3 is 2.38 bits per heavy atom. The van der Waals surface area contributed by atoms with Crippen molar-refractivity contribution in [1.29, 1.82) is 0 Å². The molecule has 0 bridgehead atoms. The first-order valence-corrected chi connectivity index (χ1v) is 4.44. The Balaban J connectivity index is 2.74. The van der Waals surface area contributed by atoms with E-state index in [0.717, 1.165) is 0 Å². The van der Waals surface area contributed by atoms with Crippen LogP contribution in [0, 0.1) is 0 Å². The van der Waals surface area contributed by atoms with Crippen LogP contribution >= 0.6 is 0 Å². The van der Waals surface area contributed by atoms with Gasteiger partial charge in [-0.2, -0.15) is 5.10 Å². The average Bonchev–Trinajstić information content (AvgIpc) is 2.26. The third kappa shape index (κ3) is 3.09. The zero-order chi connectivity index (χ0) is 12.1. The number of phenols is 1. The molecular formula is C10H11N3O3. The van der Waals surface area contributed by atoms with Gasteiger partial charge in [-0.25, -0.2) is 5.43 Å². The number of carbonyl (C=O) groups is 2. The van der Waals surface area contributed by atoms with Gasteiger partial charge in [-0.05, 0) is 36.8 Å². The highest BCUT2D eigenvalue weighted by Crippen LogP contribution is 2.09. The normalized spacial score (nSPS) is 10.9. The molecule has 0 unspecified atom stereocenters. The largest absolute Gasteiger partial charge is 0.508 e. The first-order valence-electron chi connectivity index (χ1n) is 4.44. The number of nitrogens with zero attached hydrogens (tertiary/aromatic N) is 1. The second-order valence-electron chi connectivity index (χ2n) is 3.05. The standard InChI is InChI=1S/C10H11N3O3/c1-6(12-13-10(16)9(11)15)7-2-4-8(14)5-3-7/h2-5,14H,1H3,(H2,11,15)(H,13,16)/b12-6-. The number of hydrogen-bond acceptors (Lipinski definition) is 4. The zero-order valence-electron chi connectivity index (χ0n) is 8.60. The highest BCUT2D eigenvalue weighted by Gasteiger charge is 2.06. The summed E-state index contributed by atoms with van der Waals surface area (Å²) >= 11 is 0. The van der Waals surface area contributed by atoms with Crippen LogP contribution in [-0.2, 0) is 9.59 Å². The molecule has 0 heterocycles. The fourth-order valence-corrected chi connectivity index (χ4v) is 0.957. The van der Waals surface area contributed by atoms with Gasteiger partial charge in [0.25, 0.3) is 0 Å². The molecule has 1 aromatic carbocycles. The topological polar surface area (TPSA) is 105 Å². The summed E-state index contributed by atoms with van der Waals surface area (Å²) in [5, 5.41) is 12.7. The average molecular weight is 221 g/mol. The Kier molecular flexibility index (Phi) is 3.60. The van der Waals surface area contributed by atoms with Crippen LogP contribution in [0.25, 0.3) is 0 Å². The first kappa shape index (κ1) is 11.7. The van der Waals surface area contributed by atoms with Crippen molar-refractivity contribution in [3.05, 3.63) is 29.8 Å². The number of nitrogens with one attached hydrogen (secondary N) is 1. The highest BCUT2D eigenvalue weighted by atomic mass is 16.3. The molecular weight excluding hydrogens is 210 g/mol. The number of nitrogens with two attached hydrogens (primary N) is 1. The predicted octanol–water partition coefficient (Wildman–Crippen LogP) is -0.282. The van der Waals surface area contributed by atoms with Crippen molar-refractivity contribution in [2.24, 2.45) is 10.8 Å². The van der Waals surface area contributed by atoms with E-state index in [1.165, 1.54) is 12.1 Å².